The summed E-state index contributed by atoms with van der Waals surface area (Å²) in [4.78, 5) is 12.4. The Morgan fingerprint density at radius 2 is 2.06 bits per heavy atom. The Kier molecular flexibility index (Phi) is 4.61. The first-order valence-electron chi connectivity index (χ1n) is 6.16. The molecule has 3 N–H and O–H groups in total. The number of hydrogen-bond donors (Lipinski definition) is 3. The summed E-state index contributed by atoms with van der Waals surface area (Å²) in [6, 6.07) is 0.250. The van der Waals surface area contributed by atoms with Gasteiger partial charge in [-0.05, 0) is 12.8 Å². The number of nitrogens with one attached hydrogen (secondary N) is 3. The van der Waals surface area contributed by atoms with Gasteiger partial charge in [0, 0.05) is 30.5 Å². The van der Waals surface area contributed by atoms with Gasteiger partial charge in [-0.3, -0.25) is 4.79 Å². The molecule has 16 heavy (non-hydrogen) atoms. The van der Waals surface area contributed by atoms with Gasteiger partial charge in [-0.1, -0.05) is 28.8 Å². The number of piperazine rings is 1. The molecule has 1 saturated heterocycles. The average Bonchev–Trinajstić information content (AvgIpc) is 2.33. The van der Waals surface area contributed by atoms with Crippen LogP contribution in [0.1, 0.15) is 25.7 Å². The molecule has 0 radical (unpaired) electrons. The number of carbonyl (C=O) groups is 1. The van der Waals surface area contributed by atoms with E-state index in [-0.39, 0.29) is 11.9 Å². The van der Waals surface area contributed by atoms with Crippen LogP contribution in [0.5, 0.6) is 0 Å². The van der Waals surface area contributed by atoms with Gasteiger partial charge in [0.1, 0.15) is 0 Å². The molecule has 1 saturated carbocycles. The zero-order valence-corrected chi connectivity index (χ0v) is 11.1. The molecule has 2 aliphatic rings. The van der Waals surface area contributed by atoms with E-state index in [0.717, 1.165) is 26.1 Å². The summed E-state index contributed by atoms with van der Waals surface area (Å²) < 4.78 is 0. The van der Waals surface area contributed by atoms with E-state index < -0.39 is 0 Å². The van der Waals surface area contributed by atoms with E-state index in [2.05, 4.69) is 31.9 Å². The molecule has 5 heteroatoms. The van der Waals surface area contributed by atoms with E-state index in [1.807, 2.05) is 0 Å². The lowest BCUT2D eigenvalue weighted by Crippen LogP contribution is -2.58. The quantitative estimate of drug-likeness (QED) is 0.644. The Morgan fingerprint density at radius 3 is 2.75 bits per heavy atom. The standard InChI is InChI=1S/C11H20BrN3O/c12-8-3-1-2-4-9(8)15-11(16)10-7-13-5-6-14-10/h8-10,13-14H,1-7H2,(H,15,16). The van der Waals surface area contributed by atoms with Crippen LogP contribution in [0, 0.1) is 0 Å². The van der Waals surface area contributed by atoms with E-state index in [1.54, 1.807) is 0 Å². The molecule has 0 aromatic carbocycles. The van der Waals surface area contributed by atoms with Crippen LogP contribution in [-0.2, 0) is 4.79 Å². The van der Waals surface area contributed by atoms with Crippen LogP contribution in [0.4, 0.5) is 0 Å². The summed E-state index contributed by atoms with van der Waals surface area (Å²) >= 11 is 3.66. The molecule has 3 atom stereocenters. The first kappa shape index (κ1) is 12.3. The Bertz CT molecular complexity index is 243. The van der Waals surface area contributed by atoms with Crippen molar-refractivity contribution in [2.24, 2.45) is 0 Å². The summed E-state index contributed by atoms with van der Waals surface area (Å²) in [7, 11) is 0. The summed E-state index contributed by atoms with van der Waals surface area (Å²) in [6.45, 7) is 2.57. The zero-order valence-electron chi connectivity index (χ0n) is 9.47. The third kappa shape index (κ3) is 3.18. The Balaban J connectivity index is 1.80. The number of amides is 1. The van der Waals surface area contributed by atoms with Crippen molar-refractivity contribution < 1.29 is 4.79 Å². The Morgan fingerprint density at radius 1 is 1.25 bits per heavy atom. The first-order valence-corrected chi connectivity index (χ1v) is 7.07. The van der Waals surface area contributed by atoms with Crippen molar-refractivity contribution in [3.8, 4) is 0 Å². The van der Waals surface area contributed by atoms with Gasteiger partial charge in [-0.2, -0.15) is 0 Å². The minimum Gasteiger partial charge on any atom is -0.351 e. The second-order valence-electron chi connectivity index (χ2n) is 4.63. The monoisotopic (exact) mass is 289 g/mol. The molecule has 2 fully saturated rings. The van der Waals surface area contributed by atoms with Crippen LogP contribution >= 0.6 is 15.9 Å². The van der Waals surface area contributed by atoms with Gasteiger partial charge in [0.2, 0.25) is 5.91 Å². The third-order valence-corrected chi connectivity index (χ3v) is 4.46. The highest BCUT2D eigenvalue weighted by Crippen LogP contribution is 2.24. The minimum absolute atomic E-state index is 0.0598. The van der Waals surface area contributed by atoms with Crippen LogP contribution in [0.25, 0.3) is 0 Å². The topological polar surface area (TPSA) is 53.2 Å². The van der Waals surface area contributed by atoms with Crippen LogP contribution in [0.2, 0.25) is 0 Å². The van der Waals surface area contributed by atoms with Crippen molar-refractivity contribution in [1.82, 2.24) is 16.0 Å². The maximum absolute atomic E-state index is 12.0. The second-order valence-corrected chi connectivity index (χ2v) is 5.80. The number of alkyl halides is 1. The van der Waals surface area contributed by atoms with Crippen molar-refractivity contribution in [2.45, 2.75) is 42.6 Å². The molecular formula is C11H20BrN3O. The second kappa shape index (κ2) is 5.98. The van der Waals surface area contributed by atoms with Crippen molar-refractivity contribution in [1.29, 1.82) is 0 Å². The van der Waals surface area contributed by atoms with Gasteiger partial charge < -0.3 is 16.0 Å². The molecule has 4 nitrogen and oxygen atoms in total. The number of rotatable bonds is 2. The molecule has 1 heterocycles. The molecule has 0 aromatic rings. The average molecular weight is 290 g/mol. The van der Waals surface area contributed by atoms with E-state index in [0.29, 0.717) is 10.9 Å². The number of halogens is 1. The van der Waals surface area contributed by atoms with E-state index in [4.69, 9.17) is 0 Å². The predicted octanol–water partition coefficient (Wildman–Crippen LogP) is 0.370. The van der Waals surface area contributed by atoms with Gasteiger partial charge in [0.25, 0.3) is 0 Å². The highest BCUT2D eigenvalue weighted by atomic mass is 79.9. The van der Waals surface area contributed by atoms with Crippen molar-refractivity contribution >= 4 is 21.8 Å². The molecule has 0 spiro atoms. The summed E-state index contributed by atoms with van der Waals surface area (Å²) in [6.07, 6.45) is 4.76. The van der Waals surface area contributed by atoms with Crippen molar-refractivity contribution in [2.75, 3.05) is 19.6 Å². The Hall–Kier alpha value is -0.130. The molecule has 1 amide bonds. The minimum atomic E-state index is -0.0598. The van der Waals surface area contributed by atoms with E-state index in [9.17, 15) is 4.79 Å². The molecule has 3 unspecified atom stereocenters. The number of carbonyl (C=O) groups excluding carboxylic acids is 1. The van der Waals surface area contributed by atoms with Gasteiger partial charge in [-0.15, -0.1) is 0 Å². The predicted molar refractivity (Wildman–Crippen MR) is 67.8 cm³/mol. The molecule has 2 rings (SSSR count). The lowest BCUT2D eigenvalue weighted by molar-refractivity contribution is -0.124. The lowest BCUT2D eigenvalue weighted by Gasteiger charge is -2.31. The fourth-order valence-electron chi connectivity index (χ4n) is 2.37. The number of hydrogen-bond acceptors (Lipinski definition) is 3. The van der Waals surface area contributed by atoms with Crippen LogP contribution in [0.3, 0.4) is 0 Å². The van der Waals surface area contributed by atoms with Crippen LogP contribution < -0.4 is 16.0 Å². The van der Waals surface area contributed by atoms with Crippen LogP contribution in [0.15, 0.2) is 0 Å². The van der Waals surface area contributed by atoms with Gasteiger partial charge >= 0.3 is 0 Å². The maximum atomic E-state index is 12.0. The van der Waals surface area contributed by atoms with E-state index in [1.165, 1.54) is 19.3 Å². The maximum Gasteiger partial charge on any atom is 0.238 e. The summed E-state index contributed by atoms with van der Waals surface area (Å²) in [5.41, 5.74) is 0. The third-order valence-electron chi connectivity index (χ3n) is 3.37. The zero-order chi connectivity index (χ0) is 11.4. The highest BCUT2D eigenvalue weighted by Gasteiger charge is 2.27. The Labute approximate surface area is 105 Å². The molecule has 0 bridgehead atoms. The molecular weight excluding hydrogens is 270 g/mol. The SMILES string of the molecule is O=C(NC1CCCCC1Br)C1CNCCN1. The van der Waals surface area contributed by atoms with Crippen LogP contribution in [-0.4, -0.2) is 42.5 Å². The highest BCUT2D eigenvalue weighted by molar-refractivity contribution is 9.09. The molecule has 92 valence electrons. The van der Waals surface area contributed by atoms with E-state index >= 15 is 0 Å². The smallest absolute Gasteiger partial charge is 0.238 e. The van der Waals surface area contributed by atoms with Gasteiger partial charge in [0.15, 0.2) is 0 Å². The normalized spacial score (nSPS) is 35.7. The van der Waals surface area contributed by atoms with Crippen molar-refractivity contribution in [3.63, 3.8) is 0 Å². The molecule has 0 aromatic heterocycles. The first-order chi connectivity index (χ1) is 7.77. The summed E-state index contributed by atoms with van der Waals surface area (Å²) in [5.74, 6) is 0.142. The van der Waals surface area contributed by atoms with Crippen molar-refractivity contribution in [3.05, 3.63) is 0 Å². The summed E-state index contributed by atoms with van der Waals surface area (Å²) in [5, 5.41) is 9.61. The van der Waals surface area contributed by atoms with Gasteiger partial charge in [-0.25, -0.2) is 0 Å². The molecule has 1 aliphatic heterocycles. The van der Waals surface area contributed by atoms with Gasteiger partial charge in [0.05, 0.1) is 6.04 Å². The fourth-order valence-corrected chi connectivity index (χ4v) is 3.09. The fraction of sp³-hybridized carbons (Fsp3) is 0.909. The molecule has 1 aliphatic carbocycles. The lowest BCUT2D eigenvalue weighted by atomic mass is 9.95. The largest absolute Gasteiger partial charge is 0.351 e.